The number of benzene rings is 1. The second-order valence-electron chi connectivity index (χ2n) is 4.54. The molecule has 0 atom stereocenters. The number of carbonyl (C=O) groups is 2. The second-order valence-corrected chi connectivity index (χ2v) is 4.54. The van der Waals surface area contributed by atoms with E-state index >= 15 is 0 Å². The monoisotopic (exact) mass is 280 g/mol. The highest BCUT2D eigenvalue weighted by atomic mass is 19.1. The summed E-state index contributed by atoms with van der Waals surface area (Å²) in [7, 11) is 0. The van der Waals surface area contributed by atoms with Gasteiger partial charge in [0, 0.05) is 19.5 Å². The standard InChI is InChI=1S/C14H17FN2O3/c15-12-4-2-1-3-11(12)5-6-13(18)16-7-8-17-9-10-20-14(17)19/h1-4H,5-10H2,(H,16,18). The molecule has 1 saturated heterocycles. The highest BCUT2D eigenvalue weighted by Crippen LogP contribution is 2.08. The first kappa shape index (κ1) is 14.3. The molecule has 1 N–H and O–H groups in total. The van der Waals surface area contributed by atoms with Gasteiger partial charge in [-0.05, 0) is 18.1 Å². The number of nitrogens with one attached hydrogen (secondary N) is 1. The predicted molar refractivity (Wildman–Crippen MR) is 70.7 cm³/mol. The van der Waals surface area contributed by atoms with Crippen molar-refractivity contribution in [2.45, 2.75) is 12.8 Å². The molecular weight excluding hydrogens is 263 g/mol. The minimum absolute atomic E-state index is 0.152. The Morgan fingerprint density at radius 1 is 1.40 bits per heavy atom. The van der Waals surface area contributed by atoms with Crippen molar-refractivity contribution in [3.8, 4) is 0 Å². The number of amides is 2. The smallest absolute Gasteiger partial charge is 0.409 e. The van der Waals surface area contributed by atoms with Gasteiger partial charge in [0.25, 0.3) is 0 Å². The van der Waals surface area contributed by atoms with Crippen molar-refractivity contribution in [1.29, 1.82) is 0 Å². The molecule has 1 aliphatic heterocycles. The van der Waals surface area contributed by atoms with Crippen LogP contribution in [0.1, 0.15) is 12.0 Å². The molecule has 0 bridgehead atoms. The van der Waals surface area contributed by atoms with Crippen LogP contribution in [0.15, 0.2) is 24.3 Å². The predicted octanol–water partition coefficient (Wildman–Crippen LogP) is 1.33. The lowest BCUT2D eigenvalue weighted by Gasteiger charge is -2.12. The van der Waals surface area contributed by atoms with E-state index in [9.17, 15) is 14.0 Å². The van der Waals surface area contributed by atoms with Gasteiger partial charge in [-0.15, -0.1) is 0 Å². The number of nitrogens with zero attached hydrogens (tertiary/aromatic N) is 1. The van der Waals surface area contributed by atoms with Gasteiger partial charge in [-0.2, -0.15) is 0 Å². The van der Waals surface area contributed by atoms with E-state index in [4.69, 9.17) is 4.74 Å². The lowest BCUT2D eigenvalue weighted by Crippen LogP contribution is -2.35. The molecule has 0 saturated carbocycles. The molecule has 20 heavy (non-hydrogen) atoms. The van der Waals surface area contributed by atoms with Gasteiger partial charge in [-0.3, -0.25) is 4.79 Å². The second kappa shape index (κ2) is 6.88. The van der Waals surface area contributed by atoms with E-state index < -0.39 is 0 Å². The summed E-state index contributed by atoms with van der Waals surface area (Å²) in [5.41, 5.74) is 0.533. The largest absolute Gasteiger partial charge is 0.448 e. The summed E-state index contributed by atoms with van der Waals surface area (Å²) >= 11 is 0. The number of cyclic esters (lactones) is 1. The number of hydrogen-bond acceptors (Lipinski definition) is 3. The SMILES string of the molecule is O=C(CCc1ccccc1F)NCCN1CCOC1=O. The normalized spacial score (nSPS) is 14.2. The van der Waals surface area contributed by atoms with E-state index in [2.05, 4.69) is 5.32 Å². The Hall–Kier alpha value is -2.11. The maximum atomic E-state index is 13.3. The average Bonchev–Trinajstić information content (AvgIpc) is 2.84. The summed E-state index contributed by atoms with van der Waals surface area (Å²) in [4.78, 5) is 24.3. The number of ether oxygens (including phenoxy) is 1. The first-order valence-corrected chi connectivity index (χ1v) is 6.58. The number of hydrogen-bond donors (Lipinski definition) is 1. The molecule has 1 heterocycles. The van der Waals surface area contributed by atoms with Crippen LogP contribution in [-0.2, 0) is 16.0 Å². The van der Waals surface area contributed by atoms with E-state index in [1.54, 1.807) is 18.2 Å². The first-order valence-electron chi connectivity index (χ1n) is 6.58. The molecule has 0 aromatic heterocycles. The fourth-order valence-corrected chi connectivity index (χ4v) is 2.00. The van der Waals surface area contributed by atoms with Gasteiger partial charge in [-0.25, -0.2) is 9.18 Å². The van der Waals surface area contributed by atoms with Crippen molar-refractivity contribution in [2.24, 2.45) is 0 Å². The number of aryl methyl sites for hydroxylation is 1. The highest BCUT2D eigenvalue weighted by Gasteiger charge is 2.21. The maximum absolute atomic E-state index is 13.3. The maximum Gasteiger partial charge on any atom is 0.409 e. The van der Waals surface area contributed by atoms with Crippen molar-refractivity contribution in [1.82, 2.24) is 10.2 Å². The summed E-state index contributed by atoms with van der Waals surface area (Å²) in [6, 6.07) is 6.42. The zero-order valence-electron chi connectivity index (χ0n) is 11.1. The highest BCUT2D eigenvalue weighted by molar-refractivity contribution is 5.76. The fourth-order valence-electron chi connectivity index (χ4n) is 2.00. The van der Waals surface area contributed by atoms with Crippen molar-refractivity contribution in [3.63, 3.8) is 0 Å². The molecule has 1 fully saturated rings. The Morgan fingerprint density at radius 2 is 2.20 bits per heavy atom. The van der Waals surface area contributed by atoms with Gasteiger partial charge in [0.1, 0.15) is 12.4 Å². The number of halogens is 1. The Morgan fingerprint density at radius 3 is 2.90 bits per heavy atom. The van der Waals surface area contributed by atoms with Gasteiger partial charge in [0.05, 0.1) is 6.54 Å². The van der Waals surface area contributed by atoms with Crippen LogP contribution >= 0.6 is 0 Å². The van der Waals surface area contributed by atoms with Crippen LogP contribution in [0, 0.1) is 5.82 Å². The van der Waals surface area contributed by atoms with Crippen molar-refractivity contribution >= 4 is 12.0 Å². The third kappa shape index (κ3) is 3.94. The Kier molecular flexibility index (Phi) is 4.92. The number of rotatable bonds is 6. The van der Waals surface area contributed by atoms with E-state index in [1.165, 1.54) is 11.0 Å². The van der Waals surface area contributed by atoms with Crippen molar-refractivity contribution in [2.75, 3.05) is 26.2 Å². The molecular formula is C14H17FN2O3. The molecule has 5 nitrogen and oxygen atoms in total. The van der Waals surface area contributed by atoms with Crippen molar-refractivity contribution in [3.05, 3.63) is 35.6 Å². The topological polar surface area (TPSA) is 58.6 Å². The summed E-state index contributed by atoms with van der Waals surface area (Å²) < 4.78 is 18.1. The molecule has 1 aliphatic rings. The third-order valence-electron chi connectivity index (χ3n) is 3.13. The summed E-state index contributed by atoms with van der Waals surface area (Å²) in [5.74, 6) is -0.444. The Labute approximate surface area is 116 Å². The van der Waals surface area contributed by atoms with Gasteiger partial charge in [-0.1, -0.05) is 18.2 Å². The Bertz CT molecular complexity index is 493. The minimum atomic E-state index is -0.342. The lowest BCUT2D eigenvalue weighted by atomic mass is 10.1. The Balaban J connectivity index is 1.66. The summed E-state index contributed by atoms with van der Waals surface area (Å²) in [6.07, 6.45) is 0.251. The minimum Gasteiger partial charge on any atom is -0.448 e. The van der Waals surface area contributed by atoms with E-state index in [1.807, 2.05) is 0 Å². The van der Waals surface area contributed by atoms with Crippen LogP contribution in [-0.4, -0.2) is 43.1 Å². The first-order chi connectivity index (χ1) is 9.66. The molecule has 6 heteroatoms. The van der Waals surface area contributed by atoms with Crippen LogP contribution in [0.3, 0.4) is 0 Å². The summed E-state index contributed by atoms with van der Waals surface area (Å²) in [5, 5.41) is 2.71. The molecule has 0 spiro atoms. The third-order valence-corrected chi connectivity index (χ3v) is 3.13. The van der Waals surface area contributed by atoms with E-state index in [0.29, 0.717) is 38.2 Å². The number of carbonyl (C=O) groups excluding carboxylic acids is 2. The van der Waals surface area contributed by atoms with E-state index in [-0.39, 0.29) is 24.2 Å². The van der Waals surface area contributed by atoms with E-state index in [0.717, 1.165) is 0 Å². The van der Waals surface area contributed by atoms with Crippen LogP contribution in [0.25, 0.3) is 0 Å². The molecule has 1 aromatic carbocycles. The fraction of sp³-hybridized carbons (Fsp3) is 0.429. The van der Waals surface area contributed by atoms with Crippen LogP contribution in [0.4, 0.5) is 9.18 Å². The molecule has 0 radical (unpaired) electrons. The molecule has 108 valence electrons. The zero-order chi connectivity index (χ0) is 14.4. The van der Waals surface area contributed by atoms with Crippen molar-refractivity contribution < 1.29 is 18.7 Å². The van der Waals surface area contributed by atoms with Crippen LogP contribution in [0.2, 0.25) is 0 Å². The molecule has 1 aromatic rings. The zero-order valence-corrected chi connectivity index (χ0v) is 11.1. The van der Waals surface area contributed by atoms with Crippen LogP contribution in [0.5, 0.6) is 0 Å². The average molecular weight is 280 g/mol. The summed E-state index contributed by atoms with van der Waals surface area (Å²) in [6.45, 7) is 1.78. The van der Waals surface area contributed by atoms with Gasteiger partial charge >= 0.3 is 6.09 Å². The molecule has 0 unspecified atom stereocenters. The molecule has 2 rings (SSSR count). The van der Waals surface area contributed by atoms with Crippen LogP contribution < -0.4 is 5.32 Å². The quantitative estimate of drug-likeness (QED) is 0.855. The van der Waals surface area contributed by atoms with Gasteiger partial charge < -0.3 is 15.0 Å². The van der Waals surface area contributed by atoms with Gasteiger partial charge in [0.2, 0.25) is 5.91 Å². The molecule has 0 aliphatic carbocycles. The van der Waals surface area contributed by atoms with Gasteiger partial charge in [0.15, 0.2) is 0 Å². The lowest BCUT2D eigenvalue weighted by molar-refractivity contribution is -0.121. The molecule has 2 amide bonds.